The summed E-state index contributed by atoms with van der Waals surface area (Å²) in [6.45, 7) is 2.16. The maximum atomic E-state index is 9.18. The van der Waals surface area contributed by atoms with Crippen LogP contribution in [0.1, 0.15) is 11.8 Å². The molecule has 14 heavy (non-hydrogen) atoms. The van der Waals surface area contributed by atoms with Crippen LogP contribution < -0.4 is 0 Å². The van der Waals surface area contributed by atoms with Gasteiger partial charge in [0.05, 0.1) is 0 Å². The van der Waals surface area contributed by atoms with Crippen LogP contribution in [0.4, 0.5) is 0 Å². The number of aryl methyl sites for hydroxylation is 1. The van der Waals surface area contributed by atoms with Gasteiger partial charge in [-0.2, -0.15) is 0 Å². The molecule has 2 aromatic rings. The Bertz CT molecular complexity index is 414. The van der Waals surface area contributed by atoms with E-state index < -0.39 is 0 Å². The third kappa shape index (κ3) is 1.66. The first kappa shape index (κ1) is 9.28. The SMILES string of the molecule is CCc1sccc1-c1ccc(O)cc1. The van der Waals surface area contributed by atoms with Gasteiger partial charge < -0.3 is 5.11 Å². The molecule has 0 aliphatic heterocycles. The van der Waals surface area contributed by atoms with Gasteiger partial charge in [-0.1, -0.05) is 19.1 Å². The molecule has 0 fully saturated rings. The van der Waals surface area contributed by atoms with Crippen molar-refractivity contribution in [1.29, 1.82) is 0 Å². The number of phenolic OH excluding ortho intramolecular Hbond substituents is 1. The van der Waals surface area contributed by atoms with E-state index in [1.807, 2.05) is 12.1 Å². The summed E-state index contributed by atoms with van der Waals surface area (Å²) in [7, 11) is 0. The van der Waals surface area contributed by atoms with Gasteiger partial charge in [-0.05, 0) is 41.1 Å². The van der Waals surface area contributed by atoms with Crippen LogP contribution in [0.3, 0.4) is 0 Å². The van der Waals surface area contributed by atoms with Crippen LogP contribution in [0.2, 0.25) is 0 Å². The lowest BCUT2D eigenvalue weighted by Crippen LogP contribution is -1.79. The minimum absolute atomic E-state index is 0.321. The maximum Gasteiger partial charge on any atom is 0.115 e. The molecule has 1 aromatic carbocycles. The first-order chi connectivity index (χ1) is 6.81. The van der Waals surface area contributed by atoms with Gasteiger partial charge >= 0.3 is 0 Å². The minimum Gasteiger partial charge on any atom is -0.508 e. The Morgan fingerprint density at radius 2 is 1.86 bits per heavy atom. The van der Waals surface area contributed by atoms with Gasteiger partial charge in [-0.25, -0.2) is 0 Å². The summed E-state index contributed by atoms with van der Waals surface area (Å²) in [5.41, 5.74) is 2.47. The molecule has 0 atom stereocenters. The molecule has 0 aliphatic rings. The van der Waals surface area contributed by atoms with Crippen molar-refractivity contribution < 1.29 is 5.11 Å². The molecule has 0 unspecified atom stereocenters. The number of thiophene rings is 1. The van der Waals surface area contributed by atoms with E-state index in [9.17, 15) is 5.11 Å². The molecule has 1 aromatic heterocycles. The Kier molecular flexibility index (Phi) is 2.55. The highest BCUT2D eigenvalue weighted by Gasteiger charge is 2.04. The molecule has 1 N–H and O–H groups in total. The third-order valence-corrected chi connectivity index (χ3v) is 3.31. The summed E-state index contributed by atoms with van der Waals surface area (Å²) in [5, 5.41) is 11.3. The maximum absolute atomic E-state index is 9.18. The highest BCUT2D eigenvalue weighted by atomic mass is 32.1. The van der Waals surface area contributed by atoms with E-state index >= 15 is 0 Å². The van der Waals surface area contributed by atoms with Gasteiger partial charge in [-0.15, -0.1) is 11.3 Å². The summed E-state index contributed by atoms with van der Waals surface area (Å²) in [6.07, 6.45) is 1.06. The topological polar surface area (TPSA) is 20.2 Å². The standard InChI is InChI=1S/C12H12OS/c1-2-12-11(7-8-14-12)9-3-5-10(13)6-4-9/h3-8,13H,2H2,1H3. The Morgan fingerprint density at radius 3 is 2.50 bits per heavy atom. The zero-order chi connectivity index (χ0) is 9.97. The van der Waals surface area contributed by atoms with Crippen LogP contribution in [0.25, 0.3) is 11.1 Å². The molecule has 0 amide bonds. The van der Waals surface area contributed by atoms with Crippen molar-refractivity contribution in [1.82, 2.24) is 0 Å². The second kappa shape index (κ2) is 3.84. The smallest absolute Gasteiger partial charge is 0.115 e. The fourth-order valence-corrected chi connectivity index (χ4v) is 2.36. The third-order valence-electron chi connectivity index (χ3n) is 2.24. The van der Waals surface area contributed by atoms with Crippen molar-refractivity contribution in [3.63, 3.8) is 0 Å². The summed E-state index contributed by atoms with van der Waals surface area (Å²) >= 11 is 1.79. The number of hydrogen-bond donors (Lipinski definition) is 1. The van der Waals surface area contributed by atoms with Crippen LogP contribution in [-0.4, -0.2) is 5.11 Å². The van der Waals surface area contributed by atoms with Gasteiger partial charge in [0.1, 0.15) is 5.75 Å². The fraction of sp³-hybridized carbons (Fsp3) is 0.167. The number of hydrogen-bond acceptors (Lipinski definition) is 2. The lowest BCUT2D eigenvalue weighted by Gasteiger charge is -2.01. The fourth-order valence-electron chi connectivity index (χ4n) is 1.51. The molecule has 0 spiro atoms. The van der Waals surface area contributed by atoms with Crippen LogP contribution in [-0.2, 0) is 6.42 Å². The molecule has 2 heteroatoms. The first-order valence-corrected chi connectivity index (χ1v) is 5.55. The second-order valence-corrected chi connectivity index (χ2v) is 4.16. The van der Waals surface area contributed by atoms with E-state index in [2.05, 4.69) is 18.4 Å². The van der Waals surface area contributed by atoms with Crippen LogP contribution in [0.15, 0.2) is 35.7 Å². The van der Waals surface area contributed by atoms with Crippen LogP contribution in [0.5, 0.6) is 5.75 Å². The van der Waals surface area contributed by atoms with Gasteiger partial charge in [0.15, 0.2) is 0 Å². The average Bonchev–Trinajstić information content (AvgIpc) is 2.67. The second-order valence-electron chi connectivity index (χ2n) is 3.16. The van der Waals surface area contributed by atoms with Crippen molar-refractivity contribution in [2.45, 2.75) is 13.3 Å². The number of phenols is 1. The lowest BCUT2D eigenvalue weighted by molar-refractivity contribution is 0.475. The number of benzene rings is 1. The Morgan fingerprint density at radius 1 is 1.14 bits per heavy atom. The van der Waals surface area contributed by atoms with E-state index in [1.54, 1.807) is 23.5 Å². The minimum atomic E-state index is 0.321. The molecule has 2 rings (SSSR count). The largest absolute Gasteiger partial charge is 0.508 e. The van der Waals surface area contributed by atoms with E-state index in [1.165, 1.54) is 16.0 Å². The molecule has 72 valence electrons. The normalized spacial score (nSPS) is 10.4. The first-order valence-electron chi connectivity index (χ1n) is 4.67. The van der Waals surface area contributed by atoms with E-state index in [0.29, 0.717) is 5.75 Å². The quantitative estimate of drug-likeness (QED) is 0.791. The Hall–Kier alpha value is -1.28. The Labute approximate surface area is 87.7 Å². The summed E-state index contributed by atoms with van der Waals surface area (Å²) < 4.78 is 0. The van der Waals surface area contributed by atoms with Crippen LogP contribution >= 0.6 is 11.3 Å². The number of rotatable bonds is 2. The molecule has 1 nitrogen and oxygen atoms in total. The predicted octanol–water partition coefficient (Wildman–Crippen LogP) is 3.68. The van der Waals surface area contributed by atoms with Crippen molar-refractivity contribution in [3.8, 4) is 16.9 Å². The van der Waals surface area contributed by atoms with Gasteiger partial charge in [0.25, 0.3) is 0 Å². The van der Waals surface area contributed by atoms with Crippen molar-refractivity contribution in [3.05, 3.63) is 40.6 Å². The summed E-state index contributed by atoms with van der Waals surface area (Å²) in [4.78, 5) is 1.40. The van der Waals surface area contributed by atoms with Crippen molar-refractivity contribution in [2.75, 3.05) is 0 Å². The molecule has 0 bridgehead atoms. The lowest BCUT2D eigenvalue weighted by atomic mass is 10.1. The van der Waals surface area contributed by atoms with Crippen LogP contribution in [0, 0.1) is 0 Å². The van der Waals surface area contributed by atoms with Gasteiger partial charge in [0.2, 0.25) is 0 Å². The Balaban J connectivity index is 2.44. The van der Waals surface area contributed by atoms with Crippen molar-refractivity contribution >= 4 is 11.3 Å². The van der Waals surface area contributed by atoms with E-state index in [4.69, 9.17) is 0 Å². The molecule has 0 aliphatic carbocycles. The van der Waals surface area contributed by atoms with E-state index in [-0.39, 0.29) is 0 Å². The number of aromatic hydroxyl groups is 1. The molecular formula is C12H12OS. The van der Waals surface area contributed by atoms with Gasteiger partial charge in [-0.3, -0.25) is 0 Å². The highest BCUT2D eigenvalue weighted by Crippen LogP contribution is 2.29. The molecule has 0 radical (unpaired) electrons. The molecule has 0 saturated carbocycles. The zero-order valence-corrected chi connectivity index (χ0v) is 8.84. The predicted molar refractivity (Wildman–Crippen MR) is 60.8 cm³/mol. The zero-order valence-electron chi connectivity index (χ0n) is 8.03. The summed E-state index contributed by atoms with van der Waals surface area (Å²) in [5.74, 6) is 0.321. The molecular weight excluding hydrogens is 192 g/mol. The van der Waals surface area contributed by atoms with Crippen molar-refractivity contribution in [2.24, 2.45) is 0 Å². The van der Waals surface area contributed by atoms with Gasteiger partial charge in [0, 0.05) is 4.88 Å². The molecule has 0 saturated heterocycles. The highest BCUT2D eigenvalue weighted by molar-refractivity contribution is 7.10. The summed E-state index contributed by atoms with van der Waals surface area (Å²) in [6, 6.07) is 9.50. The average molecular weight is 204 g/mol. The monoisotopic (exact) mass is 204 g/mol. The van der Waals surface area contributed by atoms with E-state index in [0.717, 1.165) is 6.42 Å². The molecule has 1 heterocycles.